The Labute approximate surface area is 154 Å². The maximum absolute atomic E-state index is 12.0. The number of hydrogen-bond acceptors (Lipinski definition) is 4. The summed E-state index contributed by atoms with van der Waals surface area (Å²) >= 11 is 0. The van der Waals surface area contributed by atoms with E-state index in [2.05, 4.69) is 4.90 Å². The highest BCUT2D eigenvalue weighted by Gasteiger charge is 2.45. The maximum Gasteiger partial charge on any atom is 0.315 e. The Bertz CT molecular complexity index is 717. The molecule has 3 rings (SSSR count). The Morgan fingerprint density at radius 2 is 1.81 bits per heavy atom. The lowest BCUT2D eigenvalue weighted by Crippen LogP contribution is -2.39. The third-order valence-corrected chi connectivity index (χ3v) is 5.03. The average Bonchev–Trinajstić information content (AvgIpc) is 3.12. The van der Waals surface area contributed by atoms with Crippen molar-refractivity contribution in [1.29, 1.82) is 0 Å². The number of aliphatic carboxylic acids is 1. The molecule has 2 aromatic rings. The molecule has 1 saturated heterocycles. The average molecular weight is 355 g/mol. The van der Waals surface area contributed by atoms with Gasteiger partial charge in [-0.15, -0.1) is 0 Å². The van der Waals surface area contributed by atoms with E-state index < -0.39 is 11.4 Å². The lowest BCUT2D eigenvalue weighted by atomic mass is 9.80. The highest BCUT2D eigenvalue weighted by molar-refractivity contribution is 5.82. The quantitative estimate of drug-likeness (QED) is 0.737. The first-order valence-corrected chi connectivity index (χ1v) is 8.92. The lowest BCUT2D eigenvalue weighted by Gasteiger charge is -2.25. The van der Waals surface area contributed by atoms with Crippen molar-refractivity contribution in [3.8, 4) is 11.5 Å². The molecule has 0 saturated carbocycles. The van der Waals surface area contributed by atoms with E-state index in [0.717, 1.165) is 36.6 Å². The van der Waals surface area contributed by atoms with Gasteiger partial charge >= 0.3 is 5.97 Å². The van der Waals surface area contributed by atoms with Crippen LogP contribution in [0.15, 0.2) is 54.6 Å². The summed E-state index contributed by atoms with van der Waals surface area (Å²) < 4.78 is 10.9. The summed E-state index contributed by atoms with van der Waals surface area (Å²) in [5.74, 6) is 0.886. The molecule has 1 atom stereocenters. The van der Waals surface area contributed by atoms with Crippen molar-refractivity contribution >= 4 is 5.97 Å². The minimum absolute atomic E-state index is 0.550. The third-order valence-electron chi connectivity index (χ3n) is 5.03. The summed E-state index contributed by atoms with van der Waals surface area (Å²) in [7, 11) is 1.64. The molecule has 1 heterocycles. The first-order valence-electron chi connectivity index (χ1n) is 8.92. The monoisotopic (exact) mass is 355 g/mol. The number of hydrogen-bond donors (Lipinski definition) is 1. The molecule has 1 fully saturated rings. The van der Waals surface area contributed by atoms with Crippen LogP contribution in [0.4, 0.5) is 0 Å². The van der Waals surface area contributed by atoms with Crippen LogP contribution in [0, 0.1) is 0 Å². The Morgan fingerprint density at radius 1 is 1.12 bits per heavy atom. The van der Waals surface area contributed by atoms with Gasteiger partial charge in [-0.25, -0.2) is 0 Å². The van der Waals surface area contributed by atoms with E-state index in [0.29, 0.717) is 19.6 Å². The number of carboxylic acids is 1. The van der Waals surface area contributed by atoms with E-state index in [1.807, 2.05) is 54.6 Å². The van der Waals surface area contributed by atoms with Gasteiger partial charge in [-0.05, 0) is 49.2 Å². The molecule has 26 heavy (non-hydrogen) atoms. The number of nitrogens with zero attached hydrogens (tertiary/aromatic N) is 1. The van der Waals surface area contributed by atoms with Crippen LogP contribution in [0.3, 0.4) is 0 Å². The molecule has 1 aliphatic heterocycles. The van der Waals surface area contributed by atoms with Gasteiger partial charge in [0.1, 0.15) is 16.9 Å². The molecule has 0 amide bonds. The molecule has 1 unspecified atom stereocenters. The molecular weight excluding hydrogens is 330 g/mol. The van der Waals surface area contributed by atoms with Crippen LogP contribution in [0.2, 0.25) is 0 Å². The van der Waals surface area contributed by atoms with E-state index in [9.17, 15) is 9.90 Å². The summed E-state index contributed by atoms with van der Waals surface area (Å²) in [6, 6.07) is 17.1. The molecule has 5 nitrogen and oxygen atoms in total. The van der Waals surface area contributed by atoms with Crippen LogP contribution in [-0.4, -0.2) is 49.3 Å². The van der Waals surface area contributed by atoms with Gasteiger partial charge in [-0.2, -0.15) is 0 Å². The maximum atomic E-state index is 12.0. The second-order valence-corrected chi connectivity index (χ2v) is 6.66. The second kappa shape index (κ2) is 8.23. The van der Waals surface area contributed by atoms with Crippen LogP contribution in [-0.2, 0) is 10.2 Å². The molecule has 0 aliphatic carbocycles. The number of rotatable bonds is 8. The van der Waals surface area contributed by atoms with Gasteiger partial charge in [0.15, 0.2) is 0 Å². The van der Waals surface area contributed by atoms with E-state index in [1.54, 1.807) is 7.11 Å². The van der Waals surface area contributed by atoms with E-state index >= 15 is 0 Å². The largest absolute Gasteiger partial charge is 0.497 e. The number of benzene rings is 2. The lowest BCUT2D eigenvalue weighted by molar-refractivity contribution is -0.143. The first kappa shape index (κ1) is 18.3. The van der Waals surface area contributed by atoms with Crippen LogP contribution in [0.5, 0.6) is 11.5 Å². The van der Waals surface area contributed by atoms with Gasteiger partial charge in [0, 0.05) is 13.1 Å². The number of carboxylic acid groups (broad SMARTS) is 1. The molecule has 1 N–H and O–H groups in total. The molecule has 2 aromatic carbocycles. The van der Waals surface area contributed by atoms with Gasteiger partial charge in [-0.1, -0.05) is 30.3 Å². The predicted octanol–water partition coefficient (Wildman–Crippen LogP) is 3.19. The van der Waals surface area contributed by atoms with E-state index in [-0.39, 0.29) is 0 Å². The zero-order valence-electron chi connectivity index (χ0n) is 15.1. The van der Waals surface area contributed by atoms with Crippen molar-refractivity contribution in [3.63, 3.8) is 0 Å². The van der Waals surface area contributed by atoms with Crippen LogP contribution >= 0.6 is 0 Å². The molecule has 0 spiro atoms. The second-order valence-electron chi connectivity index (χ2n) is 6.66. The summed E-state index contributed by atoms with van der Waals surface area (Å²) in [5.41, 5.74) is 0.0995. The van der Waals surface area contributed by atoms with Crippen LogP contribution < -0.4 is 9.47 Å². The Hall–Kier alpha value is -2.53. The molecule has 0 bridgehead atoms. The molecule has 1 aliphatic rings. The molecular formula is C21H25NO4. The first-order chi connectivity index (χ1) is 12.6. The Balaban J connectivity index is 1.50. The standard InChI is InChI=1S/C21H25NO4/c1-25-18-8-10-19(11-9-18)26-15-5-13-22-14-12-21(16-22,20(23)24)17-6-3-2-4-7-17/h2-4,6-11H,5,12-16H2,1H3,(H,23,24). The normalized spacial score (nSPS) is 20.0. The van der Waals surface area contributed by atoms with E-state index in [4.69, 9.17) is 9.47 Å². The predicted molar refractivity (Wildman–Crippen MR) is 99.9 cm³/mol. The fraction of sp³-hybridized carbons (Fsp3) is 0.381. The van der Waals surface area contributed by atoms with Crippen LogP contribution in [0.1, 0.15) is 18.4 Å². The van der Waals surface area contributed by atoms with Crippen molar-refractivity contribution in [3.05, 3.63) is 60.2 Å². The number of carbonyl (C=O) groups is 1. The van der Waals surface area contributed by atoms with Crippen molar-refractivity contribution in [2.75, 3.05) is 33.4 Å². The molecule has 5 heteroatoms. The highest BCUT2D eigenvalue weighted by atomic mass is 16.5. The third kappa shape index (κ3) is 3.99. The zero-order chi connectivity index (χ0) is 18.4. The Morgan fingerprint density at radius 3 is 2.46 bits per heavy atom. The fourth-order valence-corrected chi connectivity index (χ4v) is 3.52. The topological polar surface area (TPSA) is 59.0 Å². The van der Waals surface area contributed by atoms with Crippen molar-refractivity contribution in [2.24, 2.45) is 0 Å². The molecule has 138 valence electrons. The summed E-state index contributed by atoms with van der Waals surface area (Å²) in [6.45, 7) is 2.78. The number of likely N-dealkylation sites (tertiary alicyclic amines) is 1. The van der Waals surface area contributed by atoms with Gasteiger partial charge in [-0.3, -0.25) is 4.79 Å². The van der Waals surface area contributed by atoms with Crippen molar-refractivity contribution in [2.45, 2.75) is 18.3 Å². The van der Waals surface area contributed by atoms with Crippen LogP contribution in [0.25, 0.3) is 0 Å². The summed E-state index contributed by atoms with van der Waals surface area (Å²) in [6.07, 6.45) is 1.50. The summed E-state index contributed by atoms with van der Waals surface area (Å²) in [4.78, 5) is 14.2. The zero-order valence-corrected chi connectivity index (χ0v) is 15.1. The van der Waals surface area contributed by atoms with Gasteiger partial charge in [0.2, 0.25) is 0 Å². The molecule has 0 radical (unpaired) electrons. The van der Waals surface area contributed by atoms with Gasteiger partial charge in [0.25, 0.3) is 0 Å². The van der Waals surface area contributed by atoms with Gasteiger partial charge < -0.3 is 19.5 Å². The molecule has 0 aromatic heterocycles. The minimum Gasteiger partial charge on any atom is -0.497 e. The fourth-order valence-electron chi connectivity index (χ4n) is 3.52. The van der Waals surface area contributed by atoms with Crippen molar-refractivity contribution < 1.29 is 19.4 Å². The number of ether oxygens (including phenoxy) is 2. The SMILES string of the molecule is COc1ccc(OCCCN2CCC(C(=O)O)(c3ccccc3)C2)cc1. The highest BCUT2D eigenvalue weighted by Crippen LogP contribution is 2.35. The minimum atomic E-state index is -0.794. The smallest absolute Gasteiger partial charge is 0.315 e. The van der Waals surface area contributed by atoms with E-state index in [1.165, 1.54) is 0 Å². The summed E-state index contributed by atoms with van der Waals surface area (Å²) in [5, 5.41) is 9.84. The number of methoxy groups -OCH3 is 1. The van der Waals surface area contributed by atoms with Crippen molar-refractivity contribution in [1.82, 2.24) is 4.90 Å². The Kier molecular flexibility index (Phi) is 5.78. The van der Waals surface area contributed by atoms with Gasteiger partial charge in [0.05, 0.1) is 13.7 Å².